The third kappa shape index (κ3) is 2.79. The van der Waals surface area contributed by atoms with E-state index >= 15 is 0 Å². The fourth-order valence-electron chi connectivity index (χ4n) is 2.58. The highest BCUT2D eigenvalue weighted by atomic mass is 16.5. The van der Waals surface area contributed by atoms with Gasteiger partial charge in [0.2, 0.25) is 0 Å². The number of carbonyl (C=O) groups is 1. The van der Waals surface area contributed by atoms with Crippen molar-refractivity contribution in [3.63, 3.8) is 0 Å². The summed E-state index contributed by atoms with van der Waals surface area (Å²) < 4.78 is 9.92. The number of ether oxygens (including phenoxy) is 1. The van der Waals surface area contributed by atoms with Crippen molar-refractivity contribution in [2.24, 2.45) is 0 Å². The summed E-state index contributed by atoms with van der Waals surface area (Å²) in [6, 6.07) is -0.604. The lowest BCUT2D eigenvalue weighted by Crippen LogP contribution is -2.52. The molecule has 0 aliphatic carbocycles. The van der Waals surface area contributed by atoms with Gasteiger partial charge >= 0.3 is 5.97 Å². The van der Waals surface area contributed by atoms with Gasteiger partial charge in [0.1, 0.15) is 11.8 Å². The van der Waals surface area contributed by atoms with Gasteiger partial charge in [-0.05, 0) is 33.2 Å². The molecule has 1 aromatic heterocycles. The number of nitrogens with zero attached hydrogens (tertiary/aromatic N) is 2. The predicted molar refractivity (Wildman–Crippen MR) is 67.4 cm³/mol. The Kier molecular flexibility index (Phi) is 4.21. The van der Waals surface area contributed by atoms with E-state index in [-0.39, 0.29) is 5.97 Å². The number of carbonyl (C=O) groups excluding carboxylic acids is 1. The fraction of sp³-hybridized carbons (Fsp3) is 0.692. The first-order chi connectivity index (χ1) is 9.04. The average Bonchev–Trinajstić information content (AvgIpc) is 2.70. The lowest BCUT2D eigenvalue weighted by atomic mass is 9.98. The molecule has 0 aromatic carbocycles. The minimum atomic E-state index is -0.679. The molecule has 1 aliphatic rings. The molecule has 2 rings (SSSR count). The topological polar surface area (TPSA) is 75.8 Å². The molecule has 2 unspecified atom stereocenters. The molecular formula is C13H20N2O4. The number of aliphatic hydroxyl groups excluding tert-OH is 1. The third-order valence-corrected chi connectivity index (χ3v) is 3.69. The Morgan fingerprint density at radius 1 is 1.58 bits per heavy atom. The molecule has 0 spiro atoms. The zero-order valence-electron chi connectivity index (χ0n) is 11.5. The van der Waals surface area contributed by atoms with E-state index in [1.165, 1.54) is 7.11 Å². The molecule has 1 aliphatic heterocycles. The molecule has 0 bridgehead atoms. The van der Waals surface area contributed by atoms with Gasteiger partial charge in [0.05, 0.1) is 18.9 Å². The van der Waals surface area contributed by atoms with Gasteiger partial charge in [0.15, 0.2) is 0 Å². The third-order valence-electron chi connectivity index (χ3n) is 3.69. The maximum absolute atomic E-state index is 11.8. The Labute approximate surface area is 112 Å². The zero-order chi connectivity index (χ0) is 14.0. The van der Waals surface area contributed by atoms with Crippen molar-refractivity contribution >= 4 is 5.97 Å². The van der Waals surface area contributed by atoms with Crippen LogP contribution in [-0.2, 0) is 16.1 Å². The molecule has 6 nitrogen and oxygen atoms in total. The number of hydrogen-bond acceptors (Lipinski definition) is 6. The SMILES string of the molecule is COC(=O)C1C(O)CCCN1Cc1c(C)noc1C. The average molecular weight is 268 g/mol. The summed E-state index contributed by atoms with van der Waals surface area (Å²) in [6.07, 6.45) is 0.803. The number of aliphatic hydroxyl groups is 1. The van der Waals surface area contributed by atoms with E-state index in [2.05, 4.69) is 5.16 Å². The van der Waals surface area contributed by atoms with Gasteiger partial charge in [-0.15, -0.1) is 0 Å². The predicted octanol–water partition coefficient (Wildman–Crippen LogP) is 0.790. The van der Waals surface area contributed by atoms with Crippen LogP contribution in [0, 0.1) is 13.8 Å². The summed E-state index contributed by atoms with van der Waals surface area (Å²) in [5.41, 5.74) is 1.80. The number of methoxy groups -OCH3 is 1. The highest BCUT2D eigenvalue weighted by Crippen LogP contribution is 2.23. The Morgan fingerprint density at radius 2 is 2.32 bits per heavy atom. The van der Waals surface area contributed by atoms with Crippen molar-refractivity contribution in [2.75, 3.05) is 13.7 Å². The number of likely N-dealkylation sites (tertiary alicyclic amines) is 1. The Morgan fingerprint density at radius 3 is 2.89 bits per heavy atom. The lowest BCUT2D eigenvalue weighted by Gasteiger charge is -2.36. The molecule has 1 fully saturated rings. The van der Waals surface area contributed by atoms with Gasteiger partial charge in [0, 0.05) is 12.1 Å². The van der Waals surface area contributed by atoms with Crippen LogP contribution in [-0.4, -0.2) is 46.9 Å². The summed E-state index contributed by atoms with van der Waals surface area (Å²) in [5, 5.41) is 13.9. The van der Waals surface area contributed by atoms with Gasteiger partial charge in [-0.2, -0.15) is 0 Å². The first kappa shape index (κ1) is 14.0. The first-order valence-electron chi connectivity index (χ1n) is 6.46. The van der Waals surface area contributed by atoms with E-state index in [1.807, 2.05) is 18.7 Å². The number of rotatable bonds is 3. The van der Waals surface area contributed by atoms with Crippen molar-refractivity contribution in [2.45, 2.75) is 45.4 Å². The molecule has 1 aromatic rings. The minimum absolute atomic E-state index is 0.390. The number of hydrogen-bond donors (Lipinski definition) is 1. The monoisotopic (exact) mass is 268 g/mol. The van der Waals surface area contributed by atoms with Crippen LogP contribution in [0.3, 0.4) is 0 Å². The summed E-state index contributed by atoms with van der Waals surface area (Å²) in [5.74, 6) is 0.361. The molecule has 1 saturated heterocycles. The highest BCUT2D eigenvalue weighted by Gasteiger charge is 2.37. The summed E-state index contributed by atoms with van der Waals surface area (Å²) in [7, 11) is 1.34. The molecule has 2 atom stereocenters. The van der Waals surface area contributed by atoms with Gasteiger partial charge in [0.25, 0.3) is 0 Å². The Hall–Kier alpha value is -1.40. The highest BCUT2D eigenvalue weighted by molar-refractivity contribution is 5.76. The van der Waals surface area contributed by atoms with Crippen LogP contribution in [0.2, 0.25) is 0 Å². The molecule has 0 radical (unpaired) electrons. The van der Waals surface area contributed by atoms with Crippen LogP contribution in [0.1, 0.15) is 29.9 Å². The van der Waals surface area contributed by atoms with Crippen molar-refractivity contribution in [3.05, 3.63) is 17.0 Å². The summed E-state index contributed by atoms with van der Waals surface area (Å²) in [4.78, 5) is 13.8. The van der Waals surface area contributed by atoms with Crippen molar-refractivity contribution in [1.82, 2.24) is 10.1 Å². The van der Waals surface area contributed by atoms with Crippen LogP contribution in [0.25, 0.3) is 0 Å². The molecule has 106 valence electrons. The van der Waals surface area contributed by atoms with E-state index in [0.29, 0.717) is 13.0 Å². The molecule has 1 N–H and O–H groups in total. The van der Waals surface area contributed by atoms with E-state index in [0.717, 1.165) is 30.0 Å². The first-order valence-corrected chi connectivity index (χ1v) is 6.46. The van der Waals surface area contributed by atoms with Crippen molar-refractivity contribution < 1.29 is 19.2 Å². The van der Waals surface area contributed by atoms with Crippen LogP contribution in [0.4, 0.5) is 0 Å². The lowest BCUT2D eigenvalue weighted by molar-refractivity contribution is -0.154. The second-order valence-electron chi connectivity index (χ2n) is 4.95. The number of esters is 1. The normalized spacial score (nSPS) is 24.4. The summed E-state index contributed by atoms with van der Waals surface area (Å²) >= 11 is 0. The number of aryl methyl sites for hydroxylation is 2. The molecular weight excluding hydrogens is 248 g/mol. The molecule has 6 heteroatoms. The van der Waals surface area contributed by atoms with Gasteiger partial charge in [-0.1, -0.05) is 5.16 Å². The Bertz CT molecular complexity index is 438. The minimum Gasteiger partial charge on any atom is -0.468 e. The quantitative estimate of drug-likeness (QED) is 0.817. The second-order valence-corrected chi connectivity index (χ2v) is 4.95. The van der Waals surface area contributed by atoms with Crippen LogP contribution >= 0.6 is 0 Å². The maximum atomic E-state index is 11.8. The van der Waals surface area contributed by atoms with Crippen LogP contribution in [0.15, 0.2) is 4.52 Å². The Balaban J connectivity index is 2.19. The number of aromatic nitrogens is 1. The smallest absolute Gasteiger partial charge is 0.325 e. The van der Waals surface area contributed by atoms with E-state index in [9.17, 15) is 9.90 Å². The van der Waals surface area contributed by atoms with Gasteiger partial charge < -0.3 is 14.4 Å². The van der Waals surface area contributed by atoms with Crippen LogP contribution < -0.4 is 0 Å². The standard InChI is InChI=1S/C13H20N2O4/c1-8-10(9(2)19-14-8)7-15-6-4-5-11(16)12(15)13(17)18-3/h11-12,16H,4-7H2,1-3H3. The van der Waals surface area contributed by atoms with E-state index in [1.54, 1.807) is 0 Å². The largest absolute Gasteiger partial charge is 0.468 e. The van der Waals surface area contributed by atoms with Crippen molar-refractivity contribution in [3.8, 4) is 0 Å². The molecule has 0 amide bonds. The van der Waals surface area contributed by atoms with Gasteiger partial charge in [-0.3, -0.25) is 9.69 Å². The molecule has 0 saturated carbocycles. The fourth-order valence-corrected chi connectivity index (χ4v) is 2.58. The van der Waals surface area contributed by atoms with Gasteiger partial charge in [-0.25, -0.2) is 0 Å². The van der Waals surface area contributed by atoms with E-state index < -0.39 is 12.1 Å². The zero-order valence-corrected chi connectivity index (χ0v) is 11.5. The number of piperidine rings is 1. The van der Waals surface area contributed by atoms with Crippen molar-refractivity contribution in [1.29, 1.82) is 0 Å². The maximum Gasteiger partial charge on any atom is 0.325 e. The molecule has 19 heavy (non-hydrogen) atoms. The molecule has 2 heterocycles. The van der Waals surface area contributed by atoms with Crippen LogP contribution in [0.5, 0.6) is 0 Å². The van der Waals surface area contributed by atoms with E-state index in [4.69, 9.17) is 9.26 Å². The second kappa shape index (κ2) is 5.71. The summed E-state index contributed by atoms with van der Waals surface area (Å²) in [6.45, 7) is 5.01.